The zero-order chi connectivity index (χ0) is 12.3. The maximum Gasteiger partial charge on any atom is 0.330 e. The SMILES string of the molecule is CCC(=O)O.CCOP(=O)(CC)OCC. The van der Waals surface area contributed by atoms with Crippen molar-refractivity contribution in [2.45, 2.75) is 34.1 Å². The van der Waals surface area contributed by atoms with Gasteiger partial charge in [0.15, 0.2) is 0 Å². The quantitative estimate of drug-likeness (QED) is 0.722. The van der Waals surface area contributed by atoms with E-state index in [0.717, 1.165) is 0 Å². The fourth-order valence-corrected chi connectivity index (χ4v) is 1.84. The third-order valence-electron chi connectivity index (χ3n) is 1.34. The van der Waals surface area contributed by atoms with Gasteiger partial charge in [-0.25, -0.2) is 0 Å². The van der Waals surface area contributed by atoms with Crippen molar-refractivity contribution in [1.29, 1.82) is 0 Å². The zero-order valence-corrected chi connectivity index (χ0v) is 10.8. The minimum atomic E-state index is -2.70. The van der Waals surface area contributed by atoms with Crippen LogP contribution in [0.4, 0.5) is 0 Å². The molecule has 5 nitrogen and oxygen atoms in total. The molecule has 0 aromatic carbocycles. The molecule has 0 spiro atoms. The normalized spacial score (nSPS) is 10.4. The highest BCUT2D eigenvalue weighted by Crippen LogP contribution is 2.47. The molecule has 0 atom stereocenters. The molecule has 0 aromatic rings. The summed E-state index contributed by atoms with van der Waals surface area (Å²) in [5.41, 5.74) is 0. The number of carboxylic acid groups (broad SMARTS) is 1. The smallest absolute Gasteiger partial charge is 0.330 e. The van der Waals surface area contributed by atoms with E-state index in [0.29, 0.717) is 19.4 Å². The van der Waals surface area contributed by atoms with Gasteiger partial charge in [-0.3, -0.25) is 9.36 Å². The van der Waals surface area contributed by atoms with Crippen LogP contribution < -0.4 is 0 Å². The van der Waals surface area contributed by atoms with E-state index in [4.69, 9.17) is 14.2 Å². The van der Waals surface area contributed by atoms with Crippen LogP contribution in [0.1, 0.15) is 34.1 Å². The Labute approximate surface area is 91.3 Å². The fourth-order valence-electron chi connectivity index (χ4n) is 0.613. The van der Waals surface area contributed by atoms with Crippen LogP contribution in [-0.2, 0) is 18.4 Å². The first-order chi connectivity index (χ1) is 6.95. The van der Waals surface area contributed by atoms with Gasteiger partial charge < -0.3 is 14.2 Å². The molecule has 0 radical (unpaired) electrons. The standard InChI is InChI=1S/C6H15O3P.C3H6O2/c1-4-8-10(7,6-3)9-5-2;1-2-3(4)5/h4-6H2,1-3H3;2H2,1H3,(H,4,5). The summed E-state index contributed by atoms with van der Waals surface area (Å²) in [6, 6.07) is 0. The zero-order valence-electron chi connectivity index (χ0n) is 9.86. The van der Waals surface area contributed by atoms with E-state index in [9.17, 15) is 9.36 Å². The number of carboxylic acids is 1. The van der Waals surface area contributed by atoms with Gasteiger partial charge in [-0.1, -0.05) is 13.8 Å². The van der Waals surface area contributed by atoms with Crippen molar-refractivity contribution < 1.29 is 23.5 Å². The maximum absolute atomic E-state index is 11.3. The summed E-state index contributed by atoms with van der Waals surface area (Å²) in [4.78, 5) is 9.37. The van der Waals surface area contributed by atoms with Crippen LogP contribution in [0.3, 0.4) is 0 Å². The number of carbonyl (C=O) groups is 1. The van der Waals surface area contributed by atoms with Crippen LogP contribution >= 0.6 is 7.60 Å². The molecule has 0 saturated carbocycles. The summed E-state index contributed by atoms with van der Waals surface area (Å²) in [5.74, 6) is -0.745. The lowest BCUT2D eigenvalue weighted by atomic mass is 10.5. The van der Waals surface area contributed by atoms with Crippen molar-refractivity contribution >= 4 is 13.6 Å². The lowest BCUT2D eigenvalue weighted by Gasteiger charge is -2.13. The Bertz CT molecular complexity index is 195. The van der Waals surface area contributed by atoms with E-state index >= 15 is 0 Å². The Morgan fingerprint density at radius 2 is 1.47 bits per heavy atom. The fraction of sp³-hybridized carbons (Fsp3) is 0.889. The number of rotatable bonds is 6. The summed E-state index contributed by atoms with van der Waals surface area (Å²) in [7, 11) is -2.70. The lowest BCUT2D eigenvalue weighted by Crippen LogP contribution is -1.97. The van der Waals surface area contributed by atoms with Gasteiger partial charge in [0.05, 0.1) is 13.2 Å². The molecule has 0 saturated heterocycles. The molecule has 0 amide bonds. The van der Waals surface area contributed by atoms with Crippen molar-refractivity contribution in [2.75, 3.05) is 19.4 Å². The van der Waals surface area contributed by atoms with Gasteiger partial charge >= 0.3 is 13.6 Å². The minimum absolute atomic E-state index is 0.222. The molecule has 15 heavy (non-hydrogen) atoms. The second-order valence-corrected chi connectivity index (χ2v) is 4.88. The molecule has 0 heterocycles. The number of hydrogen-bond donors (Lipinski definition) is 1. The average molecular weight is 240 g/mol. The molecular weight excluding hydrogens is 219 g/mol. The predicted octanol–water partition coefficient (Wildman–Crippen LogP) is 2.75. The van der Waals surface area contributed by atoms with E-state index in [-0.39, 0.29) is 6.42 Å². The third-order valence-corrected chi connectivity index (χ3v) is 3.42. The van der Waals surface area contributed by atoms with Gasteiger partial charge in [-0.05, 0) is 13.8 Å². The molecule has 0 aliphatic heterocycles. The Hall–Kier alpha value is -0.380. The first kappa shape index (κ1) is 17.0. The molecule has 6 heteroatoms. The predicted molar refractivity (Wildman–Crippen MR) is 59.3 cm³/mol. The highest BCUT2D eigenvalue weighted by atomic mass is 31.2. The van der Waals surface area contributed by atoms with Crippen LogP contribution in [0.2, 0.25) is 0 Å². The van der Waals surface area contributed by atoms with Gasteiger partial charge in [0.1, 0.15) is 0 Å². The van der Waals surface area contributed by atoms with E-state index < -0.39 is 13.6 Å². The first-order valence-corrected chi connectivity index (χ1v) is 6.78. The largest absolute Gasteiger partial charge is 0.481 e. The van der Waals surface area contributed by atoms with Gasteiger partial charge in [-0.15, -0.1) is 0 Å². The Balaban J connectivity index is 0. The Morgan fingerprint density at radius 1 is 1.13 bits per heavy atom. The molecule has 0 rings (SSSR count). The van der Waals surface area contributed by atoms with Gasteiger partial charge in [0, 0.05) is 12.6 Å². The molecule has 0 aromatic heterocycles. The molecule has 0 aliphatic carbocycles. The van der Waals surface area contributed by atoms with Crippen LogP contribution in [0, 0.1) is 0 Å². The van der Waals surface area contributed by atoms with Crippen LogP contribution in [0.15, 0.2) is 0 Å². The topological polar surface area (TPSA) is 72.8 Å². The first-order valence-electron chi connectivity index (χ1n) is 5.05. The summed E-state index contributed by atoms with van der Waals surface area (Å²) in [6.07, 6.45) is 0.675. The van der Waals surface area contributed by atoms with Crippen molar-refractivity contribution in [3.63, 3.8) is 0 Å². The van der Waals surface area contributed by atoms with E-state index in [2.05, 4.69) is 0 Å². The number of aliphatic carboxylic acids is 1. The van der Waals surface area contributed by atoms with Crippen LogP contribution in [-0.4, -0.2) is 30.5 Å². The number of hydrogen-bond acceptors (Lipinski definition) is 4. The molecule has 0 aliphatic rings. The van der Waals surface area contributed by atoms with E-state index in [1.807, 2.05) is 0 Å². The summed E-state index contributed by atoms with van der Waals surface area (Å²) in [5, 5.41) is 7.72. The lowest BCUT2D eigenvalue weighted by molar-refractivity contribution is -0.136. The third kappa shape index (κ3) is 11.5. The molecule has 0 bridgehead atoms. The average Bonchev–Trinajstić information content (AvgIpc) is 2.19. The highest BCUT2D eigenvalue weighted by molar-refractivity contribution is 7.53. The highest BCUT2D eigenvalue weighted by Gasteiger charge is 2.19. The molecule has 0 unspecified atom stereocenters. The van der Waals surface area contributed by atoms with Crippen molar-refractivity contribution in [1.82, 2.24) is 0 Å². The van der Waals surface area contributed by atoms with Gasteiger partial charge in [-0.2, -0.15) is 0 Å². The van der Waals surface area contributed by atoms with Crippen molar-refractivity contribution in [3.05, 3.63) is 0 Å². The van der Waals surface area contributed by atoms with Gasteiger partial charge in [0.2, 0.25) is 0 Å². The maximum atomic E-state index is 11.3. The monoisotopic (exact) mass is 240 g/mol. The van der Waals surface area contributed by atoms with Crippen LogP contribution in [0.25, 0.3) is 0 Å². The minimum Gasteiger partial charge on any atom is -0.481 e. The molecule has 1 N–H and O–H groups in total. The summed E-state index contributed by atoms with van der Waals surface area (Å²) >= 11 is 0. The molecule has 92 valence electrons. The Kier molecular flexibility index (Phi) is 11.5. The summed E-state index contributed by atoms with van der Waals surface area (Å²) in [6.45, 7) is 7.91. The van der Waals surface area contributed by atoms with E-state index in [1.165, 1.54) is 0 Å². The van der Waals surface area contributed by atoms with Crippen LogP contribution in [0.5, 0.6) is 0 Å². The molecular formula is C9H21O5P. The second-order valence-electron chi connectivity index (χ2n) is 2.51. The van der Waals surface area contributed by atoms with Crippen molar-refractivity contribution in [3.8, 4) is 0 Å². The van der Waals surface area contributed by atoms with Crippen molar-refractivity contribution in [2.24, 2.45) is 0 Å². The summed E-state index contributed by atoms with van der Waals surface area (Å²) < 4.78 is 21.2. The molecule has 0 fully saturated rings. The second kappa shape index (κ2) is 10.1. The Morgan fingerprint density at radius 3 is 1.60 bits per heavy atom. The van der Waals surface area contributed by atoms with E-state index in [1.54, 1.807) is 27.7 Å². The van der Waals surface area contributed by atoms with Gasteiger partial charge in [0.25, 0.3) is 0 Å².